The molecule has 1 aromatic heterocycles. The molecule has 6 rings (SSSR count). The SMILES string of the molecule is O=C(COc1cccc(C2c3sc(=O)[nH]c3SC3C(=O)N(c4ccc(F)cc4)C(=O)C32)c1)Nc1ccc(F)cc1. The van der Waals surface area contributed by atoms with Crippen LogP contribution in [0.25, 0.3) is 0 Å². The van der Waals surface area contributed by atoms with Crippen molar-refractivity contribution in [2.75, 3.05) is 16.8 Å². The van der Waals surface area contributed by atoms with E-state index in [1.54, 1.807) is 24.3 Å². The summed E-state index contributed by atoms with van der Waals surface area (Å²) in [4.78, 5) is 56.0. The van der Waals surface area contributed by atoms with Gasteiger partial charge in [-0.25, -0.2) is 13.7 Å². The number of fused-ring (bicyclic) bond motifs is 2. The number of anilines is 2. The predicted molar refractivity (Wildman–Crippen MR) is 146 cm³/mol. The number of nitrogens with zero attached hydrogens (tertiary/aromatic N) is 1. The van der Waals surface area contributed by atoms with Gasteiger partial charge in [0.1, 0.15) is 22.6 Å². The summed E-state index contributed by atoms with van der Waals surface area (Å²) < 4.78 is 32.3. The van der Waals surface area contributed by atoms with E-state index >= 15 is 0 Å². The molecular weight excluding hydrogens is 560 g/mol. The first kappa shape index (κ1) is 26.0. The number of aromatic nitrogens is 1. The predicted octanol–water partition coefficient (Wildman–Crippen LogP) is 4.53. The Bertz CT molecular complexity index is 1690. The van der Waals surface area contributed by atoms with Crippen molar-refractivity contribution in [3.8, 4) is 5.75 Å². The Hall–Kier alpha value is -4.29. The number of halogens is 2. The van der Waals surface area contributed by atoms with Crippen molar-refractivity contribution in [1.29, 1.82) is 0 Å². The molecule has 12 heteroatoms. The van der Waals surface area contributed by atoms with Crippen LogP contribution < -0.4 is 19.8 Å². The lowest BCUT2D eigenvalue weighted by atomic mass is 9.83. The number of carbonyl (C=O) groups is 3. The highest BCUT2D eigenvalue weighted by Gasteiger charge is 2.56. The van der Waals surface area contributed by atoms with E-state index in [0.29, 0.717) is 26.9 Å². The van der Waals surface area contributed by atoms with Crippen LogP contribution in [0.1, 0.15) is 16.4 Å². The number of imide groups is 1. The van der Waals surface area contributed by atoms with Crippen LogP contribution in [0, 0.1) is 17.6 Å². The maximum absolute atomic E-state index is 13.7. The zero-order chi connectivity index (χ0) is 28.0. The fourth-order valence-corrected chi connectivity index (χ4v) is 7.41. The van der Waals surface area contributed by atoms with Gasteiger partial charge in [-0.1, -0.05) is 35.2 Å². The molecule has 0 spiro atoms. The maximum atomic E-state index is 13.7. The van der Waals surface area contributed by atoms with Gasteiger partial charge in [-0.15, -0.1) is 0 Å². The van der Waals surface area contributed by atoms with Crippen molar-refractivity contribution in [1.82, 2.24) is 4.98 Å². The lowest BCUT2D eigenvalue weighted by Crippen LogP contribution is -2.32. The van der Waals surface area contributed by atoms with E-state index in [1.807, 2.05) is 0 Å². The molecular formula is C28H19F2N3O5S2. The number of thioether (sulfide) groups is 1. The third-order valence-corrected chi connectivity index (χ3v) is 9.02. The van der Waals surface area contributed by atoms with Crippen LogP contribution in [0.3, 0.4) is 0 Å². The number of hydrogen-bond donors (Lipinski definition) is 2. The molecule has 0 radical (unpaired) electrons. The number of aromatic amines is 1. The zero-order valence-corrected chi connectivity index (χ0v) is 22.1. The van der Waals surface area contributed by atoms with E-state index in [1.165, 1.54) is 48.5 Å². The van der Waals surface area contributed by atoms with Gasteiger partial charge >= 0.3 is 4.87 Å². The van der Waals surface area contributed by atoms with Crippen LogP contribution in [-0.2, 0) is 14.4 Å². The third-order valence-electron chi connectivity index (χ3n) is 6.62. The standard InChI is InChI=1S/C28H19F2N3O5S2/c29-15-4-8-17(9-5-15)31-20(34)13-38-19-3-1-2-14(12-19)21-22-24(39-25-23(21)40-28(37)32-25)27(36)33(26(22)35)18-10-6-16(30)7-11-18/h1-12,21-22,24H,13H2,(H,31,34)(H,32,37). The number of rotatable bonds is 6. The lowest BCUT2D eigenvalue weighted by Gasteiger charge is -2.30. The normalized spacial score (nSPS) is 19.8. The first-order chi connectivity index (χ1) is 19.3. The molecule has 3 unspecified atom stereocenters. The average molecular weight is 580 g/mol. The second-order valence-corrected chi connectivity index (χ2v) is 11.3. The van der Waals surface area contributed by atoms with Crippen molar-refractivity contribution in [3.05, 3.63) is 105 Å². The highest BCUT2D eigenvalue weighted by Crippen LogP contribution is 2.53. The maximum Gasteiger partial charge on any atom is 0.305 e. The molecule has 2 N–H and O–H groups in total. The summed E-state index contributed by atoms with van der Waals surface area (Å²) in [6, 6.07) is 17.2. The number of ether oxygens (including phenoxy) is 1. The number of benzene rings is 3. The molecule has 3 aromatic carbocycles. The van der Waals surface area contributed by atoms with E-state index in [4.69, 9.17) is 4.74 Å². The molecule has 0 saturated carbocycles. The molecule has 1 saturated heterocycles. The topological polar surface area (TPSA) is 109 Å². The fourth-order valence-electron chi connectivity index (χ4n) is 4.90. The van der Waals surface area contributed by atoms with Gasteiger partial charge in [0, 0.05) is 16.5 Å². The Balaban J connectivity index is 1.28. The van der Waals surface area contributed by atoms with Crippen molar-refractivity contribution in [2.45, 2.75) is 16.2 Å². The minimum Gasteiger partial charge on any atom is -0.484 e. The molecule has 0 aliphatic carbocycles. The lowest BCUT2D eigenvalue weighted by molar-refractivity contribution is -0.122. The molecule has 4 aromatic rings. The summed E-state index contributed by atoms with van der Waals surface area (Å²) in [6.45, 7) is -0.327. The van der Waals surface area contributed by atoms with Crippen molar-refractivity contribution >= 4 is 52.2 Å². The second-order valence-electron chi connectivity index (χ2n) is 9.15. The minimum atomic E-state index is -0.821. The summed E-state index contributed by atoms with van der Waals surface area (Å²) >= 11 is 2.12. The summed E-state index contributed by atoms with van der Waals surface area (Å²) in [5, 5.41) is 2.34. The minimum absolute atomic E-state index is 0.270. The van der Waals surface area contributed by atoms with Crippen LogP contribution >= 0.6 is 23.1 Å². The molecule has 2 aliphatic heterocycles. The monoisotopic (exact) mass is 579 g/mol. The van der Waals surface area contributed by atoms with Crippen LogP contribution in [-0.4, -0.2) is 34.6 Å². The van der Waals surface area contributed by atoms with Gasteiger partial charge in [0.05, 0.1) is 16.6 Å². The summed E-state index contributed by atoms with van der Waals surface area (Å²) in [7, 11) is 0. The Morgan fingerprint density at radius 3 is 2.38 bits per heavy atom. The summed E-state index contributed by atoms with van der Waals surface area (Å²) in [5.74, 6) is -3.37. The van der Waals surface area contributed by atoms with Gasteiger partial charge < -0.3 is 15.0 Å². The Labute approximate surface area is 234 Å². The quantitative estimate of drug-likeness (QED) is 0.325. The molecule has 1 fully saturated rings. The molecule has 3 atom stereocenters. The molecule has 3 amide bonds. The van der Waals surface area contributed by atoms with Crippen molar-refractivity contribution in [3.63, 3.8) is 0 Å². The Morgan fingerprint density at radius 2 is 1.65 bits per heavy atom. The smallest absolute Gasteiger partial charge is 0.305 e. The van der Waals surface area contributed by atoms with E-state index in [2.05, 4.69) is 10.3 Å². The molecule has 40 heavy (non-hydrogen) atoms. The van der Waals surface area contributed by atoms with Gasteiger partial charge in [-0.3, -0.25) is 19.2 Å². The first-order valence-corrected chi connectivity index (χ1v) is 13.8. The van der Waals surface area contributed by atoms with Crippen LogP contribution in [0.2, 0.25) is 0 Å². The molecule has 8 nitrogen and oxygen atoms in total. The first-order valence-electron chi connectivity index (χ1n) is 12.1. The summed E-state index contributed by atoms with van der Waals surface area (Å²) in [5.41, 5.74) is 1.32. The number of thiazole rings is 1. The second kappa shape index (κ2) is 10.4. The largest absolute Gasteiger partial charge is 0.484 e. The van der Waals surface area contributed by atoms with E-state index in [-0.39, 0.29) is 17.2 Å². The molecule has 202 valence electrons. The fraction of sp³-hybridized carbons (Fsp3) is 0.143. The number of hydrogen-bond acceptors (Lipinski definition) is 7. The van der Waals surface area contributed by atoms with E-state index in [9.17, 15) is 28.0 Å². The van der Waals surface area contributed by atoms with E-state index < -0.39 is 46.4 Å². The molecule has 2 aliphatic rings. The van der Waals surface area contributed by atoms with Crippen LogP contribution in [0.4, 0.5) is 20.2 Å². The molecule has 0 bridgehead atoms. The molecule has 3 heterocycles. The third kappa shape index (κ3) is 4.80. The number of carbonyl (C=O) groups excluding carboxylic acids is 3. The van der Waals surface area contributed by atoms with Gasteiger partial charge in [0.2, 0.25) is 11.8 Å². The summed E-state index contributed by atoms with van der Waals surface area (Å²) in [6.07, 6.45) is 0. The van der Waals surface area contributed by atoms with Gasteiger partial charge in [-0.05, 0) is 66.2 Å². The zero-order valence-electron chi connectivity index (χ0n) is 20.4. The van der Waals surface area contributed by atoms with E-state index in [0.717, 1.165) is 28.0 Å². The Kier molecular flexibility index (Phi) is 6.72. The van der Waals surface area contributed by atoms with Crippen molar-refractivity contribution in [2.24, 2.45) is 5.92 Å². The van der Waals surface area contributed by atoms with Crippen LogP contribution in [0.15, 0.2) is 82.6 Å². The van der Waals surface area contributed by atoms with Crippen LogP contribution in [0.5, 0.6) is 5.75 Å². The highest BCUT2D eigenvalue weighted by molar-refractivity contribution is 8.00. The van der Waals surface area contributed by atoms with Crippen molar-refractivity contribution < 1.29 is 27.9 Å². The van der Waals surface area contributed by atoms with Gasteiger partial charge in [0.15, 0.2) is 6.61 Å². The number of amides is 3. The Morgan fingerprint density at radius 1 is 0.950 bits per heavy atom. The average Bonchev–Trinajstić information content (AvgIpc) is 3.43. The van der Waals surface area contributed by atoms with Gasteiger partial charge in [0.25, 0.3) is 5.91 Å². The number of nitrogens with one attached hydrogen (secondary N) is 2. The van der Waals surface area contributed by atoms with Gasteiger partial charge in [-0.2, -0.15) is 0 Å². The highest BCUT2D eigenvalue weighted by atomic mass is 32.2. The number of H-pyrrole nitrogens is 1.